The number of hydrazine groups is 1. The van der Waals surface area contributed by atoms with Gasteiger partial charge in [0.15, 0.2) is 0 Å². The summed E-state index contributed by atoms with van der Waals surface area (Å²) in [7, 11) is 1.95. The van der Waals surface area contributed by atoms with Crippen LogP contribution in [0.25, 0.3) is 0 Å². The van der Waals surface area contributed by atoms with Gasteiger partial charge in [0.25, 0.3) is 0 Å². The maximum Gasteiger partial charge on any atom is 0.475 e. The van der Waals surface area contributed by atoms with Gasteiger partial charge < -0.3 is 0 Å². The molecule has 0 saturated carbocycles. The summed E-state index contributed by atoms with van der Waals surface area (Å²) >= 11 is 0. The van der Waals surface area contributed by atoms with Crippen molar-refractivity contribution in [3.63, 3.8) is 0 Å². The molecule has 0 aromatic heterocycles. The summed E-state index contributed by atoms with van der Waals surface area (Å²) in [4.78, 5) is 9.99. The van der Waals surface area contributed by atoms with Crippen LogP contribution in [0.2, 0.25) is 0 Å². The standard InChI is InChI=1S/C4H6F4N2O/c1-9(2)10(8)3(11)4(5,6)7/h1-2H3. The first-order chi connectivity index (χ1) is 4.76. The second-order valence-electron chi connectivity index (χ2n) is 1.91. The van der Waals surface area contributed by atoms with Crippen molar-refractivity contribution in [1.29, 1.82) is 0 Å². The summed E-state index contributed by atoms with van der Waals surface area (Å²) in [5.41, 5.74) is 0. The predicted octanol–water partition coefficient (Wildman–Crippen LogP) is 0.738. The lowest BCUT2D eigenvalue weighted by Gasteiger charge is -2.18. The molecule has 0 radical (unpaired) electrons. The number of rotatable bonds is 1. The summed E-state index contributed by atoms with van der Waals surface area (Å²) < 4.78 is 46.3. The van der Waals surface area contributed by atoms with Gasteiger partial charge in [-0.2, -0.15) is 18.2 Å². The molecule has 0 N–H and O–H groups in total. The number of alkyl halides is 3. The molecule has 7 heteroatoms. The van der Waals surface area contributed by atoms with Gasteiger partial charge in [-0.25, -0.2) is 0 Å². The quantitative estimate of drug-likeness (QED) is 0.332. The van der Waals surface area contributed by atoms with Crippen LogP contribution in [0.15, 0.2) is 0 Å². The van der Waals surface area contributed by atoms with Gasteiger partial charge in [0.05, 0.1) is 0 Å². The highest BCUT2D eigenvalue weighted by Gasteiger charge is 2.44. The largest absolute Gasteiger partial charge is 0.475 e. The van der Waals surface area contributed by atoms with E-state index in [1.165, 1.54) is 0 Å². The molecule has 0 aromatic rings. The molecule has 0 aliphatic heterocycles. The number of hydrogen-bond acceptors (Lipinski definition) is 2. The minimum absolute atomic E-state index is 0.385. The lowest BCUT2D eigenvalue weighted by atomic mass is 10.6. The molecule has 0 atom stereocenters. The van der Waals surface area contributed by atoms with Crippen molar-refractivity contribution in [3.8, 4) is 0 Å². The van der Waals surface area contributed by atoms with Gasteiger partial charge in [-0.3, -0.25) is 4.79 Å². The van der Waals surface area contributed by atoms with E-state index in [9.17, 15) is 22.4 Å². The van der Waals surface area contributed by atoms with Crippen molar-refractivity contribution < 1.29 is 22.4 Å². The molecule has 0 saturated heterocycles. The van der Waals surface area contributed by atoms with Crippen LogP contribution in [0, 0.1) is 0 Å². The maximum atomic E-state index is 12.1. The minimum atomic E-state index is -5.17. The van der Waals surface area contributed by atoms with E-state index in [0.717, 1.165) is 14.1 Å². The van der Waals surface area contributed by atoms with Crippen molar-refractivity contribution in [3.05, 3.63) is 0 Å². The van der Waals surface area contributed by atoms with Crippen molar-refractivity contribution in [2.24, 2.45) is 0 Å². The Hall–Kier alpha value is -0.850. The average molecular weight is 174 g/mol. The van der Waals surface area contributed by atoms with Crippen LogP contribution < -0.4 is 0 Å². The van der Waals surface area contributed by atoms with Crippen molar-refractivity contribution in [2.45, 2.75) is 6.18 Å². The Bertz CT molecular complexity index is 155. The third-order valence-electron chi connectivity index (χ3n) is 0.761. The van der Waals surface area contributed by atoms with E-state index in [1.54, 1.807) is 0 Å². The van der Waals surface area contributed by atoms with Gasteiger partial charge in [-0.05, 0) is 0 Å². The first-order valence-corrected chi connectivity index (χ1v) is 2.51. The first kappa shape index (κ1) is 10.2. The highest BCUT2D eigenvalue weighted by molar-refractivity contribution is 5.80. The summed E-state index contributed by atoms with van der Waals surface area (Å²) in [6, 6.07) is 0. The Morgan fingerprint density at radius 1 is 1.27 bits per heavy atom. The second-order valence-corrected chi connectivity index (χ2v) is 1.91. The number of halogens is 4. The Kier molecular flexibility index (Phi) is 2.80. The monoisotopic (exact) mass is 174 g/mol. The molecule has 3 nitrogen and oxygen atoms in total. The fourth-order valence-electron chi connectivity index (χ4n) is 0.286. The lowest BCUT2D eigenvalue weighted by molar-refractivity contribution is -0.228. The zero-order valence-electron chi connectivity index (χ0n) is 5.81. The van der Waals surface area contributed by atoms with Crippen LogP contribution in [-0.4, -0.2) is 36.4 Å². The van der Waals surface area contributed by atoms with Crippen LogP contribution in [0.1, 0.15) is 0 Å². The Labute approximate surface area is 60.1 Å². The van der Waals surface area contributed by atoms with Crippen LogP contribution in [0.3, 0.4) is 0 Å². The van der Waals surface area contributed by atoms with Gasteiger partial charge in [-0.15, -0.1) is 0 Å². The normalized spacial score (nSPS) is 11.9. The smallest absolute Gasteiger partial charge is 0.260 e. The molecule has 0 aliphatic rings. The van der Waals surface area contributed by atoms with E-state index in [4.69, 9.17) is 0 Å². The fourth-order valence-corrected chi connectivity index (χ4v) is 0.286. The molecule has 0 aliphatic carbocycles. The third-order valence-corrected chi connectivity index (χ3v) is 0.761. The SMILES string of the molecule is CN(C)N(F)C(=O)C(F)(F)F. The van der Waals surface area contributed by atoms with Crippen LogP contribution in [-0.2, 0) is 4.79 Å². The van der Waals surface area contributed by atoms with E-state index in [1.807, 2.05) is 0 Å². The lowest BCUT2D eigenvalue weighted by Crippen LogP contribution is -2.43. The molecule has 0 fully saturated rings. The zero-order valence-corrected chi connectivity index (χ0v) is 5.81. The van der Waals surface area contributed by atoms with E-state index in [0.29, 0.717) is 5.01 Å². The number of amides is 1. The molecule has 0 heterocycles. The van der Waals surface area contributed by atoms with E-state index < -0.39 is 17.3 Å². The molecule has 1 amide bonds. The Morgan fingerprint density at radius 3 is 1.73 bits per heavy atom. The molecule has 0 aromatic carbocycles. The Balaban J connectivity index is 4.26. The topological polar surface area (TPSA) is 23.6 Å². The second kappa shape index (κ2) is 3.04. The summed E-state index contributed by atoms with van der Waals surface area (Å²) in [6.45, 7) is 0. The Morgan fingerprint density at radius 2 is 1.64 bits per heavy atom. The van der Waals surface area contributed by atoms with Crippen LogP contribution in [0.4, 0.5) is 17.7 Å². The van der Waals surface area contributed by atoms with Gasteiger partial charge >= 0.3 is 12.1 Å². The molecular formula is C4H6F4N2O. The van der Waals surface area contributed by atoms with E-state index in [-0.39, 0.29) is 0 Å². The summed E-state index contributed by atoms with van der Waals surface area (Å²) in [6.07, 6.45) is -5.17. The van der Waals surface area contributed by atoms with E-state index in [2.05, 4.69) is 0 Å². The molecule has 0 unspecified atom stereocenters. The molecular weight excluding hydrogens is 168 g/mol. The first-order valence-electron chi connectivity index (χ1n) is 2.51. The number of nitrogens with zero attached hydrogens (tertiary/aromatic N) is 2. The highest BCUT2D eigenvalue weighted by Crippen LogP contribution is 2.18. The van der Waals surface area contributed by atoms with Crippen LogP contribution >= 0.6 is 0 Å². The molecule has 11 heavy (non-hydrogen) atoms. The third kappa shape index (κ3) is 2.71. The van der Waals surface area contributed by atoms with Crippen molar-refractivity contribution >= 4 is 5.91 Å². The number of carbonyl (C=O) groups excluding carboxylic acids is 1. The maximum absolute atomic E-state index is 12.1. The molecule has 0 spiro atoms. The zero-order chi connectivity index (χ0) is 9.23. The fraction of sp³-hybridized carbons (Fsp3) is 0.750. The average Bonchev–Trinajstić information content (AvgIpc) is 1.82. The minimum Gasteiger partial charge on any atom is -0.260 e. The molecule has 0 rings (SSSR count). The highest BCUT2D eigenvalue weighted by atomic mass is 19.4. The molecule has 0 bridgehead atoms. The van der Waals surface area contributed by atoms with E-state index >= 15 is 0 Å². The van der Waals surface area contributed by atoms with Crippen LogP contribution in [0.5, 0.6) is 0 Å². The van der Waals surface area contributed by atoms with Gasteiger partial charge in [0, 0.05) is 14.1 Å². The number of hydrogen-bond donors (Lipinski definition) is 0. The van der Waals surface area contributed by atoms with Gasteiger partial charge in [-0.1, -0.05) is 9.71 Å². The van der Waals surface area contributed by atoms with Crippen molar-refractivity contribution in [2.75, 3.05) is 14.1 Å². The van der Waals surface area contributed by atoms with Gasteiger partial charge in [0.1, 0.15) is 0 Å². The summed E-state index contributed by atoms with van der Waals surface area (Å²) in [5, 5.41) is -0.629. The summed E-state index contributed by atoms with van der Waals surface area (Å²) in [5.74, 6) is -2.54. The van der Waals surface area contributed by atoms with Crippen molar-refractivity contribution in [1.82, 2.24) is 10.2 Å². The van der Waals surface area contributed by atoms with Gasteiger partial charge in [0.2, 0.25) is 0 Å². The molecule has 66 valence electrons. The number of carbonyl (C=O) groups is 1. The predicted molar refractivity (Wildman–Crippen MR) is 27.7 cm³/mol.